The Bertz CT molecular complexity index is 1040. The number of hydrogen-bond donors (Lipinski definition) is 1. The largest absolute Gasteiger partial charge is 0.490 e. The Morgan fingerprint density at radius 1 is 1.10 bits per heavy atom. The van der Waals surface area contributed by atoms with Gasteiger partial charge in [-0.3, -0.25) is 19.2 Å². The molecule has 0 aromatic heterocycles. The maximum atomic E-state index is 12.4. The Labute approximate surface area is 181 Å². The summed E-state index contributed by atoms with van der Waals surface area (Å²) in [5, 5.41) is 13.6. The number of nitro benzene ring substituents is 1. The number of amides is 1. The molecular weight excluding hydrogens is 426 g/mol. The molecule has 0 unspecified atom stereocenters. The number of rotatable bonds is 11. The smallest absolute Gasteiger partial charge is 0.271 e. The van der Waals surface area contributed by atoms with E-state index in [2.05, 4.69) is 5.32 Å². The van der Waals surface area contributed by atoms with E-state index in [-0.39, 0.29) is 17.9 Å². The summed E-state index contributed by atoms with van der Waals surface area (Å²) in [7, 11) is -3.85. The highest BCUT2D eigenvalue weighted by molar-refractivity contribution is 7.92. The average Bonchev–Trinajstić information content (AvgIpc) is 2.71. The van der Waals surface area contributed by atoms with E-state index < -0.39 is 27.4 Å². The maximum absolute atomic E-state index is 12.4. The summed E-state index contributed by atoms with van der Waals surface area (Å²) in [5.41, 5.74) is 0.498. The number of ether oxygens (including phenoxy) is 2. The normalized spacial score (nSPS) is 10.9. The van der Waals surface area contributed by atoms with Gasteiger partial charge in [-0.2, -0.15) is 0 Å². The lowest BCUT2D eigenvalue weighted by atomic mass is 10.2. The molecule has 168 valence electrons. The van der Waals surface area contributed by atoms with Gasteiger partial charge >= 0.3 is 0 Å². The number of benzene rings is 2. The van der Waals surface area contributed by atoms with Crippen molar-refractivity contribution in [3.63, 3.8) is 0 Å². The average molecular weight is 452 g/mol. The fourth-order valence-electron chi connectivity index (χ4n) is 2.75. The van der Waals surface area contributed by atoms with Crippen molar-refractivity contribution in [2.24, 2.45) is 0 Å². The van der Waals surface area contributed by atoms with Gasteiger partial charge < -0.3 is 14.8 Å². The number of hydrogen-bond acceptors (Lipinski definition) is 7. The predicted octanol–water partition coefficient (Wildman–Crippen LogP) is 2.47. The zero-order valence-electron chi connectivity index (χ0n) is 17.5. The fourth-order valence-corrected chi connectivity index (χ4v) is 3.60. The molecule has 0 radical (unpaired) electrons. The molecule has 0 aliphatic carbocycles. The lowest BCUT2D eigenvalue weighted by Crippen LogP contribution is -2.40. The van der Waals surface area contributed by atoms with E-state index in [1.165, 1.54) is 18.2 Å². The molecule has 11 heteroatoms. The molecule has 1 N–H and O–H groups in total. The Hall–Kier alpha value is -3.34. The van der Waals surface area contributed by atoms with Crippen molar-refractivity contribution in [1.82, 2.24) is 5.32 Å². The third-order valence-corrected chi connectivity index (χ3v) is 5.25. The minimum Gasteiger partial charge on any atom is -0.490 e. The molecule has 31 heavy (non-hydrogen) atoms. The van der Waals surface area contributed by atoms with E-state index in [1.807, 2.05) is 13.8 Å². The van der Waals surface area contributed by atoms with Crippen molar-refractivity contribution < 1.29 is 27.6 Å². The van der Waals surface area contributed by atoms with Gasteiger partial charge in [-0.25, -0.2) is 8.42 Å². The monoisotopic (exact) mass is 451 g/mol. The molecule has 0 aliphatic rings. The molecule has 2 rings (SSSR count). The molecule has 0 spiro atoms. The Balaban J connectivity index is 2.13. The van der Waals surface area contributed by atoms with Crippen molar-refractivity contribution in [3.8, 4) is 11.5 Å². The van der Waals surface area contributed by atoms with E-state index in [4.69, 9.17) is 9.47 Å². The van der Waals surface area contributed by atoms with Gasteiger partial charge in [0, 0.05) is 18.7 Å². The molecule has 2 aromatic carbocycles. The third kappa shape index (κ3) is 6.85. The SMILES string of the molecule is CCOc1ccc(CNC(=O)CN(c2cccc([N+](=O)[O-])c2)S(C)(=O)=O)cc1OCC. The second-order valence-electron chi connectivity index (χ2n) is 6.47. The van der Waals surface area contributed by atoms with Crippen LogP contribution in [-0.4, -0.2) is 45.3 Å². The first-order valence-electron chi connectivity index (χ1n) is 9.53. The van der Waals surface area contributed by atoms with Gasteiger partial charge in [0.15, 0.2) is 11.5 Å². The molecule has 10 nitrogen and oxygen atoms in total. The van der Waals surface area contributed by atoms with E-state index in [0.717, 1.165) is 22.2 Å². The summed E-state index contributed by atoms with van der Waals surface area (Å²) in [6.07, 6.45) is 0.930. The summed E-state index contributed by atoms with van der Waals surface area (Å²) < 4.78 is 36.2. The van der Waals surface area contributed by atoms with E-state index in [1.54, 1.807) is 18.2 Å². The van der Waals surface area contributed by atoms with Crippen LogP contribution in [0.5, 0.6) is 11.5 Å². The third-order valence-electron chi connectivity index (χ3n) is 4.11. The van der Waals surface area contributed by atoms with Crippen LogP contribution in [-0.2, 0) is 21.4 Å². The van der Waals surface area contributed by atoms with Gasteiger partial charge in [0.25, 0.3) is 5.69 Å². The summed E-state index contributed by atoms with van der Waals surface area (Å²) in [6.45, 7) is 4.25. The van der Waals surface area contributed by atoms with Crippen LogP contribution in [0.2, 0.25) is 0 Å². The van der Waals surface area contributed by atoms with Gasteiger partial charge in [0.1, 0.15) is 6.54 Å². The van der Waals surface area contributed by atoms with E-state index in [9.17, 15) is 23.3 Å². The summed E-state index contributed by atoms with van der Waals surface area (Å²) in [4.78, 5) is 22.8. The number of non-ortho nitro benzene ring substituents is 1. The van der Waals surface area contributed by atoms with Crippen molar-refractivity contribution >= 4 is 27.3 Å². The minimum atomic E-state index is -3.85. The van der Waals surface area contributed by atoms with Gasteiger partial charge in [-0.05, 0) is 37.6 Å². The highest BCUT2D eigenvalue weighted by Gasteiger charge is 2.22. The fraction of sp³-hybridized carbons (Fsp3) is 0.350. The molecule has 1 amide bonds. The van der Waals surface area contributed by atoms with Crippen molar-refractivity contribution in [2.75, 3.05) is 30.3 Å². The predicted molar refractivity (Wildman–Crippen MR) is 116 cm³/mol. The molecule has 0 aliphatic heterocycles. The lowest BCUT2D eigenvalue weighted by Gasteiger charge is -2.21. The molecule has 0 saturated carbocycles. The van der Waals surface area contributed by atoms with Crippen LogP contribution in [0.3, 0.4) is 0 Å². The number of nitro groups is 1. The maximum Gasteiger partial charge on any atom is 0.271 e. The number of nitrogens with one attached hydrogen (secondary N) is 1. The molecule has 0 heterocycles. The van der Waals surface area contributed by atoms with E-state index in [0.29, 0.717) is 24.7 Å². The van der Waals surface area contributed by atoms with E-state index >= 15 is 0 Å². The number of carbonyl (C=O) groups excluding carboxylic acids is 1. The van der Waals surface area contributed by atoms with Gasteiger partial charge in [-0.15, -0.1) is 0 Å². The quantitative estimate of drug-likeness (QED) is 0.410. The Kier molecular flexibility index (Phi) is 8.20. The van der Waals surface area contributed by atoms with Gasteiger partial charge in [0.05, 0.1) is 30.1 Å². The number of anilines is 1. The van der Waals surface area contributed by atoms with Crippen molar-refractivity contribution in [3.05, 3.63) is 58.1 Å². The molecule has 0 atom stereocenters. The lowest BCUT2D eigenvalue weighted by molar-refractivity contribution is -0.384. The number of carbonyl (C=O) groups is 1. The first-order chi connectivity index (χ1) is 14.7. The molecule has 0 fully saturated rings. The molecule has 2 aromatic rings. The number of sulfonamides is 1. The van der Waals surface area contributed by atoms with Crippen LogP contribution in [0.25, 0.3) is 0 Å². The summed E-state index contributed by atoms with van der Waals surface area (Å²) >= 11 is 0. The van der Waals surface area contributed by atoms with Crippen LogP contribution in [0.15, 0.2) is 42.5 Å². The van der Waals surface area contributed by atoms with Crippen molar-refractivity contribution in [2.45, 2.75) is 20.4 Å². The van der Waals surface area contributed by atoms with Crippen molar-refractivity contribution in [1.29, 1.82) is 0 Å². The Morgan fingerprint density at radius 3 is 2.39 bits per heavy atom. The summed E-state index contributed by atoms with van der Waals surface area (Å²) in [5.74, 6) is 0.572. The number of nitrogens with zero attached hydrogens (tertiary/aromatic N) is 2. The highest BCUT2D eigenvalue weighted by Crippen LogP contribution is 2.28. The van der Waals surface area contributed by atoms with Gasteiger partial charge in [0.2, 0.25) is 15.9 Å². The molecular formula is C20H25N3O7S. The second kappa shape index (κ2) is 10.6. The Morgan fingerprint density at radius 2 is 1.77 bits per heavy atom. The van der Waals surface area contributed by atoms with Gasteiger partial charge in [-0.1, -0.05) is 12.1 Å². The molecule has 0 saturated heterocycles. The van der Waals surface area contributed by atoms with Crippen LogP contribution in [0.4, 0.5) is 11.4 Å². The van der Waals surface area contributed by atoms with Crippen LogP contribution in [0, 0.1) is 10.1 Å². The standard InChI is InChI=1S/C20H25N3O7S/c1-4-29-18-10-9-15(11-19(18)30-5-2)13-21-20(24)14-22(31(3,27)28)16-7-6-8-17(12-16)23(25)26/h6-12H,4-5,13-14H2,1-3H3,(H,21,24). The first-order valence-corrected chi connectivity index (χ1v) is 11.4. The molecule has 0 bridgehead atoms. The van der Waals surface area contributed by atoms with Crippen LogP contribution >= 0.6 is 0 Å². The zero-order valence-corrected chi connectivity index (χ0v) is 18.3. The minimum absolute atomic E-state index is 0.0338. The second-order valence-corrected chi connectivity index (χ2v) is 8.38. The topological polar surface area (TPSA) is 128 Å². The highest BCUT2D eigenvalue weighted by atomic mass is 32.2. The zero-order chi connectivity index (χ0) is 23.0. The first kappa shape index (κ1) is 23.9. The van der Waals surface area contributed by atoms with Crippen LogP contribution in [0.1, 0.15) is 19.4 Å². The van der Waals surface area contributed by atoms with Crippen LogP contribution < -0.4 is 19.1 Å². The summed E-state index contributed by atoms with van der Waals surface area (Å²) in [6, 6.07) is 10.3.